The van der Waals surface area contributed by atoms with Gasteiger partial charge < -0.3 is 9.84 Å². The van der Waals surface area contributed by atoms with Gasteiger partial charge in [0.1, 0.15) is 0 Å². The summed E-state index contributed by atoms with van der Waals surface area (Å²) in [4.78, 5) is 14.5. The van der Waals surface area contributed by atoms with Crippen LogP contribution in [-0.2, 0) is 10.3 Å². The number of benzene rings is 1. The molecule has 0 aromatic heterocycles. The molecule has 0 amide bonds. The summed E-state index contributed by atoms with van der Waals surface area (Å²) >= 11 is 0. The monoisotopic (exact) mass is 233 g/mol. The number of phenols is 1. The van der Waals surface area contributed by atoms with Crippen LogP contribution < -0.4 is 4.74 Å². The fourth-order valence-electron chi connectivity index (χ4n) is 2.24. The minimum absolute atomic E-state index is 0.140. The molecule has 1 N–H and O–H groups in total. The molecule has 0 radical (unpaired) electrons. The summed E-state index contributed by atoms with van der Waals surface area (Å²) in [5.74, 6) is 0.563. The van der Waals surface area contributed by atoms with Crippen molar-refractivity contribution in [1.82, 2.24) is 0 Å². The molecule has 0 unspecified atom stereocenters. The quantitative estimate of drug-likeness (QED) is 0.644. The third kappa shape index (κ3) is 1.81. The molecule has 17 heavy (non-hydrogen) atoms. The van der Waals surface area contributed by atoms with Crippen LogP contribution in [0.15, 0.2) is 17.1 Å². The average Bonchev–Trinajstić information content (AvgIpc) is 2.27. The van der Waals surface area contributed by atoms with Crippen LogP contribution in [0, 0.1) is 6.92 Å². The van der Waals surface area contributed by atoms with Crippen LogP contribution in [0.5, 0.6) is 11.5 Å². The normalized spacial score (nSPS) is 16.8. The van der Waals surface area contributed by atoms with E-state index in [4.69, 9.17) is 4.74 Å². The van der Waals surface area contributed by atoms with Crippen molar-refractivity contribution < 1.29 is 14.6 Å². The lowest BCUT2D eigenvalue weighted by Gasteiger charge is -2.37. The molecular weight excluding hydrogens is 218 g/mol. The number of nitrogens with zero attached hydrogens (tertiary/aromatic N) is 1. The topological polar surface area (TPSA) is 58.9 Å². The van der Waals surface area contributed by atoms with E-state index in [1.165, 1.54) is 7.11 Å². The average molecular weight is 233 g/mol. The maximum Gasteiger partial charge on any atom is 0.235 e. The largest absolute Gasteiger partial charge is 0.504 e. The van der Waals surface area contributed by atoms with Crippen LogP contribution >= 0.6 is 0 Å². The van der Waals surface area contributed by atoms with E-state index in [0.717, 1.165) is 30.4 Å². The summed E-state index contributed by atoms with van der Waals surface area (Å²) in [5.41, 5.74) is 1.19. The third-order valence-corrected chi connectivity index (χ3v) is 3.46. The molecule has 1 aromatic carbocycles. The van der Waals surface area contributed by atoms with Gasteiger partial charge >= 0.3 is 0 Å². The Kier molecular flexibility index (Phi) is 2.90. The van der Waals surface area contributed by atoms with Gasteiger partial charge in [0.15, 0.2) is 11.5 Å². The lowest BCUT2D eigenvalue weighted by Crippen LogP contribution is -2.31. The highest BCUT2D eigenvalue weighted by molar-refractivity contribution is 5.51. The summed E-state index contributed by atoms with van der Waals surface area (Å²) in [6.07, 6.45) is 4.39. The summed E-state index contributed by atoms with van der Waals surface area (Å²) in [6.45, 7) is 1.80. The third-order valence-electron chi connectivity index (χ3n) is 3.46. The van der Waals surface area contributed by atoms with E-state index >= 15 is 0 Å². The minimum atomic E-state index is -0.451. The van der Waals surface area contributed by atoms with Crippen molar-refractivity contribution in [2.24, 2.45) is 4.99 Å². The van der Waals surface area contributed by atoms with Crippen molar-refractivity contribution >= 4 is 6.08 Å². The van der Waals surface area contributed by atoms with Crippen LogP contribution in [0.25, 0.3) is 0 Å². The van der Waals surface area contributed by atoms with Gasteiger partial charge in [-0.25, -0.2) is 4.79 Å². The van der Waals surface area contributed by atoms with E-state index in [2.05, 4.69) is 4.99 Å². The Morgan fingerprint density at radius 1 is 1.47 bits per heavy atom. The van der Waals surface area contributed by atoms with Gasteiger partial charge in [0.05, 0.1) is 12.6 Å². The van der Waals surface area contributed by atoms with E-state index in [1.54, 1.807) is 19.1 Å². The zero-order valence-electron chi connectivity index (χ0n) is 9.99. The minimum Gasteiger partial charge on any atom is -0.504 e. The zero-order chi connectivity index (χ0) is 12.5. The zero-order valence-corrected chi connectivity index (χ0v) is 9.99. The number of aryl methyl sites for hydroxylation is 1. The Bertz CT molecular complexity index is 486. The lowest BCUT2D eigenvalue weighted by molar-refractivity contribution is 0.254. The van der Waals surface area contributed by atoms with Gasteiger partial charge in [-0.05, 0) is 49.4 Å². The van der Waals surface area contributed by atoms with Crippen molar-refractivity contribution in [3.8, 4) is 11.5 Å². The fraction of sp³-hybridized carbons (Fsp3) is 0.462. The molecule has 1 aliphatic rings. The van der Waals surface area contributed by atoms with E-state index in [1.807, 2.05) is 6.07 Å². The van der Waals surface area contributed by atoms with Crippen molar-refractivity contribution in [2.75, 3.05) is 7.11 Å². The van der Waals surface area contributed by atoms with Crippen LogP contribution in [0.1, 0.15) is 30.4 Å². The van der Waals surface area contributed by atoms with Crippen molar-refractivity contribution in [3.63, 3.8) is 0 Å². The number of aromatic hydroxyl groups is 1. The standard InChI is InChI=1S/C13H15NO3/c1-9-6-10(7-11(17-2)12(9)16)13(14-8-15)4-3-5-13/h6-7,16H,3-5H2,1-2H3. The van der Waals surface area contributed by atoms with Gasteiger partial charge in [0.25, 0.3) is 0 Å². The smallest absolute Gasteiger partial charge is 0.235 e. The predicted octanol–water partition coefficient (Wildman–Crippen LogP) is 2.42. The first-order chi connectivity index (χ1) is 8.13. The molecule has 4 nitrogen and oxygen atoms in total. The molecule has 1 aromatic rings. The molecule has 1 aliphatic carbocycles. The second-order valence-electron chi connectivity index (χ2n) is 4.43. The maximum atomic E-state index is 10.5. The number of aliphatic imine (C=N–C) groups is 1. The number of hydrogen-bond donors (Lipinski definition) is 1. The highest BCUT2D eigenvalue weighted by Crippen LogP contribution is 2.47. The summed E-state index contributed by atoms with van der Waals surface area (Å²) in [6, 6.07) is 3.61. The summed E-state index contributed by atoms with van der Waals surface area (Å²) in [5, 5.41) is 9.78. The number of methoxy groups -OCH3 is 1. The molecule has 0 atom stereocenters. The maximum absolute atomic E-state index is 10.5. The second-order valence-corrected chi connectivity index (χ2v) is 4.43. The molecule has 0 bridgehead atoms. The molecule has 90 valence electrons. The molecule has 1 saturated carbocycles. The molecule has 1 fully saturated rings. The molecular formula is C13H15NO3. The van der Waals surface area contributed by atoms with Gasteiger partial charge in [-0.3, -0.25) is 0 Å². The van der Waals surface area contributed by atoms with Crippen LogP contribution in [0.4, 0.5) is 0 Å². The Balaban J connectivity index is 2.52. The first kappa shape index (κ1) is 11.7. The molecule has 2 rings (SSSR count). The second kappa shape index (κ2) is 4.22. The van der Waals surface area contributed by atoms with Gasteiger partial charge in [-0.2, -0.15) is 4.99 Å². The van der Waals surface area contributed by atoms with Crippen LogP contribution in [0.3, 0.4) is 0 Å². The molecule has 0 spiro atoms. The van der Waals surface area contributed by atoms with Crippen molar-refractivity contribution in [2.45, 2.75) is 31.7 Å². The number of rotatable bonds is 3. The van der Waals surface area contributed by atoms with E-state index in [9.17, 15) is 9.90 Å². The van der Waals surface area contributed by atoms with Crippen molar-refractivity contribution in [3.05, 3.63) is 23.3 Å². The highest BCUT2D eigenvalue weighted by atomic mass is 16.5. The van der Waals surface area contributed by atoms with E-state index in [0.29, 0.717) is 5.75 Å². The van der Waals surface area contributed by atoms with E-state index < -0.39 is 5.54 Å². The van der Waals surface area contributed by atoms with E-state index in [-0.39, 0.29) is 5.75 Å². The number of ether oxygens (including phenoxy) is 1. The Morgan fingerprint density at radius 2 is 2.18 bits per heavy atom. The van der Waals surface area contributed by atoms with Gasteiger partial charge in [0.2, 0.25) is 6.08 Å². The summed E-state index contributed by atoms with van der Waals surface area (Å²) < 4.78 is 5.12. The Morgan fingerprint density at radius 3 is 2.65 bits per heavy atom. The van der Waals surface area contributed by atoms with Gasteiger partial charge in [0, 0.05) is 0 Å². The first-order valence-electron chi connectivity index (χ1n) is 5.60. The SMILES string of the molecule is COc1cc(C2(N=C=O)CCC2)cc(C)c1O. The van der Waals surface area contributed by atoms with Crippen LogP contribution in [0.2, 0.25) is 0 Å². The first-order valence-corrected chi connectivity index (χ1v) is 5.60. The molecule has 4 heteroatoms. The van der Waals surface area contributed by atoms with Gasteiger partial charge in [-0.15, -0.1) is 0 Å². The number of carbonyl (C=O) groups excluding carboxylic acids is 1. The lowest BCUT2D eigenvalue weighted by atomic mass is 9.72. The van der Waals surface area contributed by atoms with Crippen LogP contribution in [-0.4, -0.2) is 18.3 Å². The molecule has 0 aliphatic heterocycles. The fourth-order valence-corrected chi connectivity index (χ4v) is 2.24. The van der Waals surface area contributed by atoms with Gasteiger partial charge in [-0.1, -0.05) is 0 Å². The number of phenolic OH excluding ortho intramolecular Hbond substituents is 1. The van der Waals surface area contributed by atoms with Crippen molar-refractivity contribution in [1.29, 1.82) is 0 Å². The predicted molar refractivity (Wildman–Crippen MR) is 63.0 cm³/mol. The Hall–Kier alpha value is -1.80. The summed E-state index contributed by atoms with van der Waals surface area (Å²) in [7, 11) is 1.51. The molecule has 0 saturated heterocycles. The molecule has 0 heterocycles. The number of isocyanates is 1. The number of hydrogen-bond acceptors (Lipinski definition) is 4. The highest BCUT2D eigenvalue weighted by Gasteiger charge is 2.39. The Labute approximate surface area is 99.9 Å².